The zero-order valence-corrected chi connectivity index (χ0v) is 40.4. The first-order valence-electron chi connectivity index (χ1n) is 21.8. The first-order valence-corrected chi connectivity index (χ1v) is 23.2. The van der Waals surface area contributed by atoms with E-state index in [1.165, 1.54) is 12.1 Å². The Bertz CT molecular complexity index is 2890. The zero-order chi connectivity index (χ0) is 49.0. The number of rotatable bonds is 20. The van der Waals surface area contributed by atoms with Crippen LogP contribution in [0.1, 0.15) is 115 Å². The van der Waals surface area contributed by atoms with E-state index in [9.17, 15) is 23.7 Å². The second kappa shape index (κ2) is 20.1. The summed E-state index contributed by atoms with van der Waals surface area (Å²) in [6.45, 7) is 19.0. The van der Waals surface area contributed by atoms with Crippen LogP contribution < -0.4 is 26.8 Å². The van der Waals surface area contributed by atoms with Crippen LogP contribution in [0.2, 0.25) is 0 Å². The van der Waals surface area contributed by atoms with E-state index in [4.69, 9.17) is 34.8 Å². The van der Waals surface area contributed by atoms with Crippen molar-refractivity contribution < 1.29 is 42.1 Å². The molecule has 0 bridgehead atoms. The maximum Gasteiger partial charge on any atom is 0.475 e. The van der Waals surface area contributed by atoms with Gasteiger partial charge in [0.05, 0.1) is 52.4 Å². The molecule has 0 saturated carbocycles. The number of benzene rings is 2. The minimum atomic E-state index is -4.00. The fourth-order valence-electron chi connectivity index (χ4n) is 7.11. The molecule has 4 amide bonds. The van der Waals surface area contributed by atoms with Crippen LogP contribution in [0.4, 0.5) is 11.9 Å². The largest absolute Gasteiger partial charge is 0.491 e. The fraction of sp³-hybridized carbons (Fsp3) is 0.422. The van der Waals surface area contributed by atoms with Gasteiger partial charge < -0.3 is 25.3 Å². The van der Waals surface area contributed by atoms with Gasteiger partial charge in [-0.2, -0.15) is 10.2 Å². The third kappa shape index (κ3) is 12.2. The summed E-state index contributed by atoms with van der Waals surface area (Å²) < 4.78 is 43.8. The van der Waals surface area contributed by atoms with Gasteiger partial charge in [-0.25, -0.2) is 14.5 Å². The van der Waals surface area contributed by atoms with Gasteiger partial charge in [0.25, 0.3) is 11.8 Å². The van der Waals surface area contributed by atoms with Gasteiger partial charge in [0.1, 0.15) is 22.7 Å². The lowest BCUT2D eigenvalue weighted by Gasteiger charge is -2.30. The van der Waals surface area contributed by atoms with Crippen LogP contribution >= 0.6 is 7.82 Å². The van der Waals surface area contributed by atoms with Gasteiger partial charge in [-0.1, -0.05) is 12.2 Å². The highest BCUT2D eigenvalue weighted by atomic mass is 31.2. The van der Waals surface area contributed by atoms with Crippen LogP contribution in [-0.2, 0) is 44.3 Å². The average Bonchev–Trinajstić information content (AvgIpc) is 3.99. The van der Waals surface area contributed by atoms with Crippen LogP contribution in [0.15, 0.2) is 54.6 Å². The predicted molar refractivity (Wildman–Crippen MR) is 252 cm³/mol. The number of phosphoric ester groups is 1. The van der Waals surface area contributed by atoms with Gasteiger partial charge in [-0.15, -0.1) is 0 Å². The summed E-state index contributed by atoms with van der Waals surface area (Å²) in [4.78, 5) is 61.6. The standard InChI is InChI=1S/C45H59N12O9P/c1-11-56-34(22-27(3)52-56)40(60)50-42-48-31-24-29(38(46)58)16-17-33(31)54(42)18-13-14-19-55-37-32(49-43(55)51-41(61)35-23-28(4)53-57(35)12-2)25-30(39(47)59)26-36(37)63-20-15-21-64-67(62,65-44(5,6)7)66-45(8,9)10/h13-14,16-17,22-26H,11-12,15,18-21H2,1-10H3,(H2,46,58)(H2,47,59)(H,48,50,60)(H,49,51,61)/b14-13+. The van der Waals surface area contributed by atoms with Crippen LogP contribution in [0.5, 0.6) is 5.75 Å². The highest BCUT2D eigenvalue weighted by Gasteiger charge is 2.37. The minimum Gasteiger partial charge on any atom is -0.491 e. The average molecular weight is 943 g/mol. The second-order valence-corrected chi connectivity index (χ2v) is 19.1. The van der Waals surface area contributed by atoms with E-state index in [2.05, 4.69) is 25.8 Å². The number of allylic oxidation sites excluding steroid dienone is 2. The SMILES string of the molecule is CCn1nc(C)cc1C(=O)Nc1nc2cc(C(N)=O)ccc2n1C/C=C/Cn1c(NC(=O)c2cc(C)nn2CC)nc2cc(C(N)=O)cc(OCCCOP(=O)(OC(C)(C)C)OC(C)(C)C)c21. The Balaban J connectivity index is 1.34. The summed E-state index contributed by atoms with van der Waals surface area (Å²) >= 11 is 0. The smallest absolute Gasteiger partial charge is 0.475 e. The number of fused-ring (bicyclic) bond motifs is 2. The van der Waals surface area contributed by atoms with E-state index in [0.717, 1.165) is 0 Å². The van der Waals surface area contributed by atoms with Gasteiger partial charge in [0, 0.05) is 43.7 Å². The normalized spacial score (nSPS) is 12.4. The fourth-order valence-corrected chi connectivity index (χ4v) is 8.95. The van der Waals surface area contributed by atoms with Crippen LogP contribution in [-0.4, -0.2) is 86.7 Å². The predicted octanol–water partition coefficient (Wildman–Crippen LogP) is 6.92. The molecule has 6 N–H and O–H groups in total. The van der Waals surface area contributed by atoms with Gasteiger partial charge in [-0.3, -0.25) is 52.7 Å². The number of nitrogens with two attached hydrogens (primary N) is 2. The number of nitrogens with zero attached hydrogens (tertiary/aromatic N) is 8. The molecule has 0 aliphatic heterocycles. The number of anilines is 2. The minimum absolute atomic E-state index is 0.0261. The molecule has 6 rings (SSSR count). The van der Waals surface area contributed by atoms with Gasteiger partial charge >= 0.3 is 7.82 Å². The number of carbonyl (C=O) groups is 4. The Morgan fingerprint density at radius 1 is 0.701 bits per heavy atom. The first-order chi connectivity index (χ1) is 31.5. The Hall–Kier alpha value is -6.67. The van der Waals surface area contributed by atoms with Gasteiger partial charge in [0.15, 0.2) is 0 Å². The lowest BCUT2D eigenvalue weighted by atomic mass is 10.1. The maximum atomic E-state index is 13.9. The maximum absolute atomic E-state index is 13.9. The van der Waals surface area contributed by atoms with Crippen molar-refractivity contribution in [2.45, 2.75) is 113 Å². The summed E-state index contributed by atoms with van der Waals surface area (Å²) in [5.74, 6) is -1.70. The number of carbonyl (C=O) groups excluding carboxylic acids is 4. The Labute approximate surface area is 387 Å². The van der Waals surface area contributed by atoms with Gasteiger partial charge in [-0.05, 0) is 112 Å². The molecular formula is C45H59N12O9P. The molecule has 22 heteroatoms. The molecule has 0 atom stereocenters. The van der Waals surface area contributed by atoms with E-state index < -0.39 is 42.7 Å². The molecule has 0 saturated heterocycles. The molecule has 4 aromatic heterocycles. The van der Waals surface area contributed by atoms with E-state index in [1.54, 1.807) is 104 Å². The number of phosphoric acid groups is 1. The third-order valence-corrected chi connectivity index (χ3v) is 11.8. The van der Waals surface area contributed by atoms with Crippen LogP contribution in [0.3, 0.4) is 0 Å². The first kappa shape index (κ1) is 49.8. The van der Waals surface area contributed by atoms with Crippen LogP contribution in [0, 0.1) is 13.8 Å². The van der Waals surface area contributed by atoms with Crippen molar-refractivity contribution in [3.63, 3.8) is 0 Å². The molecule has 0 aliphatic carbocycles. The second-order valence-electron chi connectivity index (χ2n) is 17.6. The number of amides is 4. The number of aryl methyl sites for hydroxylation is 4. The number of hydrogen-bond acceptors (Lipinski definition) is 13. The topological polar surface area (TPSA) is 270 Å². The highest BCUT2D eigenvalue weighted by molar-refractivity contribution is 7.48. The van der Waals surface area contributed by atoms with E-state index >= 15 is 0 Å². The lowest BCUT2D eigenvalue weighted by Crippen LogP contribution is -2.25. The number of primary amides is 2. The summed E-state index contributed by atoms with van der Waals surface area (Å²) in [6.07, 6.45) is 3.88. The quantitative estimate of drug-likeness (QED) is 0.0344. The van der Waals surface area contributed by atoms with Crippen molar-refractivity contribution >= 4 is 65.4 Å². The Morgan fingerprint density at radius 3 is 1.73 bits per heavy atom. The molecule has 0 spiro atoms. The number of aromatic nitrogens is 8. The molecule has 4 heterocycles. The summed E-state index contributed by atoms with van der Waals surface area (Å²) in [5, 5.41) is 14.6. The molecule has 2 aromatic carbocycles. The van der Waals surface area contributed by atoms with Crippen LogP contribution in [0.25, 0.3) is 22.1 Å². The highest BCUT2D eigenvalue weighted by Crippen LogP contribution is 2.55. The molecule has 6 aromatic rings. The van der Waals surface area contributed by atoms with Crippen molar-refractivity contribution in [1.82, 2.24) is 38.7 Å². The van der Waals surface area contributed by atoms with Crippen molar-refractivity contribution in [1.29, 1.82) is 0 Å². The third-order valence-electron chi connectivity index (χ3n) is 9.75. The van der Waals surface area contributed by atoms with Crippen molar-refractivity contribution in [2.24, 2.45) is 11.5 Å². The summed E-state index contributed by atoms with van der Waals surface area (Å²) in [7, 11) is -4.00. The molecule has 0 unspecified atom stereocenters. The van der Waals surface area contributed by atoms with Crippen molar-refractivity contribution in [3.05, 3.63) is 88.5 Å². The number of ether oxygens (including phenoxy) is 1. The van der Waals surface area contributed by atoms with Crippen molar-refractivity contribution in [2.75, 3.05) is 23.8 Å². The molecule has 0 fully saturated rings. The monoisotopic (exact) mass is 942 g/mol. The molecule has 0 radical (unpaired) electrons. The Morgan fingerprint density at radius 2 is 1.21 bits per heavy atom. The zero-order valence-electron chi connectivity index (χ0n) is 39.5. The van der Waals surface area contributed by atoms with E-state index in [-0.39, 0.29) is 61.5 Å². The van der Waals surface area contributed by atoms with Crippen molar-refractivity contribution in [3.8, 4) is 5.75 Å². The summed E-state index contributed by atoms with van der Waals surface area (Å²) in [5.41, 5.74) is 13.8. The van der Waals surface area contributed by atoms with E-state index in [0.29, 0.717) is 57.9 Å². The Kier molecular flexibility index (Phi) is 14.9. The number of hydrogen-bond donors (Lipinski definition) is 4. The molecule has 358 valence electrons. The van der Waals surface area contributed by atoms with Gasteiger partial charge in [0.2, 0.25) is 23.7 Å². The number of imidazole rings is 2. The number of nitrogens with one attached hydrogen (secondary N) is 2. The molecule has 21 nitrogen and oxygen atoms in total. The summed E-state index contributed by atoms with van der Waals surface area (Å²) in [6, 6.07) is 11.2. The molecule has 67 heavy (non-hydrogen) atoms. The van der Waals surface area contributed by atoms with E-state index in [1.807, 2.05) is 26.0 Å². The molecular weight excluding hydrogens is 884 g/mol. The molecule has 0 aliphatic rings. The lowest BCUT2D eigenvalue weighted by molar-refractivity contribution is 0.00231.